The van der Waals surface area contributed by atoms with Crippen LogP contribution in [0.3, 0.4) is 0 Å². The molecule has 0 atom stereocenters. The number of alkyl halides is 3. The second-order valence-corrected chi connectivity index (χ2v) is 8.39. The minimum Gasteiger partial charge on any atom is -0.481 e. The van der Waals surface area contributed by atoms with Crippen molar-refractivity contribution < 1.29 is 27.9 Å². The predicted molar refractivity (Wildman–Crippen MR) is 120 cm³/mol. The van der Waals surface area contributed by atoms with Gasteiger partial charge in [0.2, 0.25) is 0 Å². The van der Waals surface area contributed by atoms with E-state index in [0.29, 0.717) is 24.6 Å². The summed E-state index contributed by atoms with van der Waals surface area (Å²) in [7, 11) is 0. The first-order chi connectivity index (χ1) is 16.2. The van der Waals surface area contributed by atoms with Gasteiger partial charge in [-0.3, -0.25) is 14.3 Å². The number of hydrogen-bond donors (Lipinski definition) is 2. The Morgan fingerprint density at radius 1 is 1.09 bits per heavy atom. The monoisotopic (exact) mass is 471 g/mol. The maximum absolute atomic E-state index is 12.7. The minimum absolute atomic E-state index is 0.0378. The second-order valence-electron chi connectivity index (χ2n) is 8.39. The van der Waals surface area contributed by atoms with Gasteiger partial charge >= 0.3 is 12.1 Å². The molecule has 4 rings (SSSR count). The minimum atomic E-state index is -4.45. The zero-order valence-corrected chi connectivity index (χ0v) is 18.5. The molecule has 1 amide bonds. The Morgan fingerprint density at radius 2 is 1.74 bits per heavy atom. The van der Waals surface area contributed by atoms with Crippen LogP contribution in [-0.4, -0.2) is 26.8 Å². The molecule has 0 unspecified atom stereocenters. The first kappa shape index (κ1) is 23.5. The predicted octanol–water partition coefficient (Wildman–Crippen LogP) is 5.27. The Balaban J connectivity index is 1.47. The molecule has 1 aromatic heterocycles. The van der Waals surface area contributed by atoms with E-state index in [2.05, 4.69) is 10.4 Å². The molecule has 9 heteroatoms. The smallest absolute Gasteiger partial charge is 0.416 e. The Kier molecular flexibility index (Phi) is 6.45. The zero-order valence-electron chi connectivity index (χ0n) is 18.5. The fourth-order valence-corrected chi connectivity index (χ4v) is 4.01. The van der Waals surface area contributed by atoms with Crippen LogP contribution in [0.15, 0.2) is 48.5 Å². The van der Waals surface area contributed by atoms with E-state index in [4.69, 9.17) is 0 Å². The summed E-state index contributed by atoms with van der Waals surface area (Å²) in [6.45, 7) is 2.44. The lowest BCUT2D eigenvalue weighted by molar-refractivity contribution is -0.138. The van der Waals surface area contributed by atoms with E-state index >= 15 is 0 Å². The van der Waals surface area contributed by atoms with Gasteiger partial charge in [0.1, 0.15) is 0 Å². The van der Waals surface area contributed by atoms with Gasteiger partial charge in [-0.15, -0.1) is 0 Å². The summed E-state index contributed by atoms with van der Waals surface area (Å²) >= 11 is 0. The van der Waals surface area contributed by atoms with E-state index in [1.807, 2.05) is 23.7 Å². The van der Waals surface area contributed by atoms with Crippen LogP contribution in [0.25, 0.3) is 0 Å². The van der Waals surface area contributed by atoms with Crippen molar-refractivity contribution in [2.75, 3.05) is 5.32 Å². The summed E-state index contributed by atoms with van der Waals surface area (Å²) in [6.07, 6.45) is -1.79. The number of aromatic nitrogens is 2. The molecule has 1 aliphatic rings. The number of halogens is 3. The number of hydrogen-bond acceptors (Lipinski definition) is 3. The molecule has 3 aromatic rings. The quantitative estimate of drug-likeness (QED) is 0.469. The van der Waals surface area contributed by atoms with Crippen LogP contribution in [0.5, 0.6) is 0 Å². The fourth-order valence-electron chi connectivity index (χ4n) is 4.01. The normalized spacial score (nSPS) is 13.6. The number of anilines is 1. The molecule has 1 saturated carbocycles. The molecule has 1 heterocycles. The molecular formula is C25H24F3N3O3. The number of carbonyl (C=O) groups is 2. The number of aliphatic carboxylic acids is 1. The van der Waals surface area contributed by atoms with Crippen LogP contribution in [0.4, 0.5) is 18.9 Å². The Bertz CT molecular complexity index is 1200. The van der Waals surface area contributed by atoms with Crippen molar-refractivity contribution in [3.8, 4) is 0 Å². The molecule has 178 valence electrons. The van der Waals surface area contributed by atoms with Gasteiger partial charge in [-0.05, 0) is 61.2 Å². The number of carboxylic acid groups (broad SMARTS) is 1. The molecule has 0 radical (unpaired) electrons. The van der Waals surface area contributed by atoms with Gasteiger partial charge in [-0.1, -0.05) is 19.1 Å². The average Bonchev–Trinajstić information content (AvgIpc) is 3.57. The van der Waals surface area contributed by atoms with Gasteiger partial charge in [0.05, 0.1) is 24.2 Å². The zero-order chi connectivity index (χ0) is 24.5. The standard InChI is InChI=1S/C25H24F3N3O3/c1-2-21-20(13-22(32)33)23(16-5-6-16)31(30-21)14-15-3-11-19(12-4-15)29-24(34)17-7-9-18(10-8-17)25(26,27)28/h3-4,7-12,16H,2,5-6,13-14H2,1H3,(H,29,34)(H,32,33). The van der Waals surface area contributed by atoms with Crippen LogP contribution in [0.1, 0.15) is 64.1 Å². The number of amides is 1. The van der Waals surface area contributed by atoms with Gasteiger partial charge < -0.3 is 10.4 Å². The van der Waals surface area contributed by atoms with E-state index in [1.54, 1.807) is 12.1 Å². The van der Waals surface area contributed by atoms with Gasteiger partial charge in [-0.2, -0.15) is 18.3 Å². The molecule has 1 fully saturated rings. The summed E-state index contributed by atoms with van der Waals surface area (Å²) in [4.78, 5) is 23.8. The van der Waals surface area contributed by atoms with Crippen molar-refractivity contribution in [3.05, 3.63) is 82.2 Å². The Morgan fingerprint density at radius 3 is 2.26 bits per heavy atom. The number of carboxylic acids is 1. The number of carbonyl (C=O) groups excluding carboxylic acids is 1. The van der Waals surface area contributed by atoms with Crippen molar-refractivity contribution in [3.63, 3.8) is 0 Å². The van der Waals surface area contributed by atoms with Crippen molar-refractivity contribution in [1.29, 1.82) is 0 Å². The molecule has 0 saturated heterocycles. The van der Waals surface area contributed by atoms with Crippen molar-refractivity contribution in [2.24, 2.45) is 0 Å². The van der Waals surface area contributed by atoms with Gasteiger partial charge in [0.15, 0.2) is 0 Å². The number of rotatable bonds is 8. The van der Waals surface area contributed by atoms with Gasteiger partial charge in [0.25, 0.3) is 5.91 Å². The third kappa shape index (κ3) is 5.30. The van der Waals surface area contributed by atoms with E-state index in [9.17, 15) is 27.9 Å². The van der Waals surface area contributed by atoms with E-state index < -0.39 is 23.6 Å². The molecule has 0 aliphatic heterocycles. The van der Waals surface area contributed by atoms with Crippen LogP contribution < -0.4 is 5.32 Å². The number of nitrogens with one attached hydrogen (secondary N) is 1. The lowest BCUT2D eigenvalue weighted by Gasteiger charge is -2.10. The number of nitrogens with zero attached hydrogens (tertiary/aromatic N) is 2. The van der Waals surface area contributed by atoms with Crippen molar-refractivity contribution in [1.82, 2.24) is 9.78 Å². The highest BCUT2D eigenvalue weighted by atomic mass is 19.4. The highest BCUT2D eigenvalue weighted by molar-refractivity contribution is 6.04. The van der Waals surface area contributed by atoms with Crippen LogP contribution in [0.2, 0.25) is 0 Å². The summed E-state index contributed by atoms with van der Waals surface area (Å²) < 4.78 is 40.0. The molecule has 1 aliphatic carbocycles. The average molecular weight is 471 g/mol. The van der Waals surface area contributed by atoms with E-state index in [0.717, 1.165) is 59.6 Å². The summed E-state index contributed by atoms with van der Waals surface area (Å²) in [5.41, 5.74) is 3.39. The first-order valence-corrected chi connectivity index (χ1v) is 11.0. The molecule has 34 heavy (non-hydrogen) atoms. The summed E-state index contributed by atoms with van der Waals surface area (Å²) in [6, 6.07) is 11.2. The SMILES string of the molecule is CCc1nn(Cc2ccc(NC(=O)c3ccc(C(F)(F)F)cc3)cc2)c(C2CC2)c1CC(=O)O. The van der Waals surface area contributed by atoms with Gasteiger partial charge in [0, 0.05) is 28.4 Å². The maximum atomic E-state index is 12.7. The third-order valence-corrected chi connectivity index (χ3v) is 5.82. The van der Waals surface area contributed by atoms with E-state index in [-0.39, 0.29) is 12.0 Å². The lowest BCUT2D eigenvalue weighted by Crippen LogP contribution is -2.13. The largest absolute Gasteiger partial charge is 0.481 e. The van der Waals surface area contributed by atoms with Crippen molar-refractivity contribution >= 4 is 17.6 Å². The lowest BCUT2D eigenvalue weighted by atomic mass is 10.0. The molecule has 2 aromatic carbocycles. The van der Waals surface area contributed by atoms with Crippen molar-refractivity contribution in [2.45, 2.75) is 51.2 Å². The van der Waals surface area contributed by atoms with Crippen LogP contribution in [0, 0.1) is 0 Å². The maximum Gasteiger partial charge on any atom is 0.416 e. The highest BCUT2D eigenvalue weighted by Crippen LogP contribution is 2.43. The Labute approximate surface area is 194 Å². The Hall–Kier alpha value is -3.62. The first-order valence-electron chi connectivity index (χ1n) is 11.0. The number of aryl methyl sites for hydroxylation is 1. The fraction of sp³-hybridized carbons (Fsp3) is 0.320. The topological polar surface area (TPSA) is 84.2 Å². The molecular weight excluding hydrogens is 447 g/mol. The molecule has 0 spiro atoms. The molecule has 2 N–H and O–H groups in total. The van der Waals surface area contributed by atoms with Gasteiger partial charge in [-0.25, -0.2) is 0 Å². The highest BCUT2D eigenvalue weighted by Gasteiger charge is 2.33. The summed E-state index contributed by atoms with van der Waals surface area (Å²) in [5, 5.41) is 16.7. The van der Waals surface area contributed by atoms with E-state index in [1.165, 1.54) is 0 Å². The van der Waals surface area contributed by atoms with Crippen LogP contribution >= 0.6 is 0 Å². The molecule has 0 bridgehead atoms. The van der Waals surface area contributed by atoms with Crippen LogP contribution in [-0.2, 0) is 30.4 Å². The second kappa shape index (κ2) is 9.32. The summed E-state index contributed by atoms with van der Waals surface area (Å²) in [5.74, 6) is -1.04. The third-order valence-electron chi connectivity index (χ3n) is 5.82. The number of benzene rings is 2. The molecule has 6 nitrogen and oxygen atoms in total.